The Hall–Kier alpha value is -2.70. The maximum absolute atomic E-state index is 13.0. The number of halogens is 1. The van der Waals surface area contributed by atoms with Crippen molar-refractivity contribution in [1.82, 2.24) is 14.9 Å². The molecule has 1 aromatic heterocycles. The summed E-state index contributed by atoms with van der Waals surface area (Å²) in [5.41, 5.74) is 2.06. The number of hydrogen-bond donors (Lipinski definition) is 1. The molecule has 2 aliphatic rings. The molecule has 2 aliphatic heterocycles. The van der Waals surface area contributed by atoms with Crippen molar-refractivity contribution in [3.8, 4) is 0 Å². The summed E-state index contributed by atoms with van der Waals surface area (Å²) < 4.78 is 13.0. The zero-order chi connectivity index (χ0) is 14.6. The zero-order valence-electron chi connectivity index (χ0n) is 10.9. The molecule has 7 heteroatoms. The molecule has 1 aromatic carbocycles. The Morgan fingerprint density at radius 2 is 2.00 bits per heavy atom. The SMILES string of the molecule is O=C1C2Cc3nc[nH]c3CN2C(=O)N1c1ccc(F)cc1. The van der Waals surface area contributed by atoms with Gasteiger partial charge in [0.2, 0.25) is 0 Å². The summed E-state index contributed by atoms with van der Waals surface area (Å²) in [4.78, 5) is 34.8. The molecule has 2 aromatic rings. The van der Waals surface area contributed by atoms with E-state index in [1.807, 2.05) is 0 Å². The van der Waals surface area contributed by atoms with Gasteiger partial charge in [0, 0.05) is 6.42 Å². The fraction of sp³-hybridized carbons (Fsp3) is 0.214. The lowest BCUT2D eigenvalue weighted by Crippen LogP contribution is -2.40. The molecule has 0 spiro atoms. The van der Waals surface area contributed by atoms with Crippen molar-refractivity contribution < 1.29 is 14.0 Å². The van der Waals surface area contributed by atoms with Crippen molar-refractivity contribution in [3.63, 3.8) is 0 Å². The van der Waals surface area contributed by atoms with Crippen molar-refractivity contribution in [2.75, 3.05) is 4.90 Å². The van der Waals surface area contributed by atoms with Crippen LogP contribution in [0.5, 0.6) is 0 Å². The number of aromatic nitrogens is 2. The number of amides is 3. The van der Waals surface area contributed by atoms with Crippen LogP contribution < -0.4 is 4.90 Å². The van der Waals surface area contributed by atoms with E-state index in [1.54, 1.807) is 6.33 Å². The first kappa shape index (κ1) is 12.1. The van der Waals surface area contributed by atoms with Crippen molar-refractivity contribution in [2.45, 2.75) is 19.0 Å². The first-order chi connectivity index (χ1) is 10.1. The fourth-order valence-corrected chi connectivity index (χ4v) is 2.86. The van der Waals surface area contributed by atoms with Gasteiger partial charge < -0.3 is 9.88 Å². The van der Waals surface area contributed by atoms with E-state index in [4.69, 9.17) is 0 Å². The third kappa shape index (κ3) is 1.67. The highest BCUT2D eigenvalue weighted by atomic mass is 19.1. The van der Waals surface area contributed by atoms with Crippen molar-refractivity contribution in [2.24, 2.45) is 0 Å². The molecule has 6 nitrogen and oxygen atoms in total. The van der Waals surface area contributed by atoms with E-state index in [0.717, 1.165) is 16.3 Å². The van der Waals surface area contributed by atoms with E-state index in [0.29, 0.717) is 18.7 Å². The molecule has 1 N–H and O–H groups in total. The van der Waals surface area contributed by atoms with Crippen LogP contribution in [0.3, 0.4) is 0 Å². The molecule has 0 aliphatic carbocycles. The maximum atomic E-state index is 13.0. The minimum absolute atomic E-state index is 0.291. The molecule has 1 saturated heterocycles. The van der Waals surface area contributed by atoms with Gasteiger partial charge in [0.25, 0.3) is 5.91 Å². The van der Waals surface area contributed by atoms with Crippen LogP contribution in [0.15, 0.2) is 30.6 Å². The third-order valence-corrected chi connectivity index (χ3v) is 3.93. The number of fused-ring (bicyclic) bond motifs is 2. The van der Waals surface area contributed by atoms with Gasteiger partial charge in [0.05, 0.1) is 29.9 Å². The van der Waals surface area contributed by atoms with Gasteiger partial charge in [-0.1, -0.05) is 0 Å². The number of hydrogen-bond acceptors (Lipinski definition) is 3. The Balaban J connectivity index is 1.71. The van der Waals surface area contributed by atoms with E-state index in [-0.39, 0.29) is 11.9 Å². The second-order valence-electron chi connectivity index (χ2n) is 5.11. The van der Waals surface area contributed by atoms with Crippen LogP contribution >= 0.6 is 0 Å². The Morgan fingerprint density at radius 1 is 1.24 bits per heavy atom. The van der Waals surface area contributed by atoms with Crippen LogP contribution in [0.2, 0.25) is 0 Å². The molecular formula is C14H11FN4O2. The Bertz CT molecular complexity index is 701. The molecule has 1 fully saturated rings. The number of urea groups is 1. The highest BCUT2D eigenvalue weighted by Gasteiger charge is 2.48. The summed E-state index contributed by atoms with van der Waals surface area (Å²) in [6.45, 7) is 0.336. The number of imide groups is 1. The molecule has 1 unspecified atom stereocenters. The summed E-state index contributed by atoms with van der Waals surface area (Å²) in [7, 11) is 0. The number of nitrogens with zero attached hydrogens (tertiary/aromatic N) is 3. The molecule has 106 valence electrons. The van der Waals surface area contributed by atoms with Crippen LogP contribution in [-0.2, 0) is 17.8 Å². The highest BCUT2D eigenvalue weighted by molar-refractivity contribution is 6.21. The summed E-state index contributed by atoms with van der Waals surface area (Å²) in [5.74, 6) is -0.699. The standard InChI is InChI=1S/C14H11FN4O2/c15-8-1-3-9(4-2-8)19-13(20)12-5-10-11(17-7-16-10)6-18(12)14(19)21/h1-4,7,12H,5-6H2,(H,16,17). The third-order valence-electron chi connectivity index (χ3n) is 3.93. The highest BCUT2D eigenvalue weighted by Crippen LogP contribution is 2.31. The normalized spacial score (nSPS) is 20.7. The van der Waals surface area contributed by atoms with Crippen LogP contribution in [-0.4, -0.2) is 32.8 Å². The lowest BCUT2D eigenvalue weighted by atomic mass is 10.0. The van der Waals surface area contributed by atoms with Gasteiger partial charge in [-0.15, -0.1) is 0 Å². The van der Waals surface area contributed by atoms with Crippen LogP contribution in [0, 0.1) is 5.82 Å². The molecule has 1 atom stereocenters. The van der Waals surface area contributed by atoms with E-state index in [9.17, 15) is 14.0 Å². The minimum Gasteiger partial charge on any atom is -0.347 e. The number of carbonyl (C=O) groups is 2. The number of rotatable bonds is 1. The van der Waals surface area contributed by atoms with E-state index in [1.165, 1.54) is 29.2 Å². The lowest BCUT2D eigenvalue weighted by Gasteiger charge is -2.25. The first-order valence-electron chi connectivity index (χ1n) is 6.56. The Morgan fingerprint density at radius 3 is 2.76 bits per heavy atom. The van der Waals surface area contributed by atoms with E-state index < -0.39 is 11.9 Å². The lowest BCUT2D eigenvalue weighted by molar-refractivity contribution is -0.120. The minimum atomic E-state index is -0.529. The summed E-state index contributed by atoms with van der Waals surface area (Å²) in [6, 6.07) is 4.42. The van der Waals surface area contributed by atoms with Gasteiger partial charge in [-0.05, 0) is 24.3 Å². The van der Waals surface area contributed by atoms with Gasteiger partial charge in [0.15, 0.2) is 0 Å². The van der Waals surface area contributed by atoms with E-state index >= 15 is 0 Å². The monoisotopic (exact) mass is 286 g/mol. The topological polar surface area (TPSA) is 69.3 Å². The van der Waals surface area contributed by atoms with Gasteiger partial charge in [-0.3, -0.25) is 4.79 Å². The van der Waals surface area contributed by atoms with Gasteiger partial charge in [-0.25, -0.2) is 19.1 Å². The number of carbonyl (C=O) groups excluding carboxylic acids is 2. The largest absolute Gasteiger partial charge is 0.347 e. The van der Waals surface area contributed by atoms with Crippen molar-refractivity contribution >= 4 is 17.6 Å². The number of H-pyrrole nitrogens is 1. The smallest absolute Gasteiger partial charge is 0.332 e. The number of aromatic amines is 1. The number of imidazole rings is 1. The molecule has 4 rings (SSSR count). The fourth-order valence-electron chi connectivity index (χ4n) is 2.86. The quantitative estimate of drug-likeness (QED) is 0.806. The number of benzene rings is 1. The number of nitrogens with one attached hydrogen (secondary N) is 1. The van der Waals surface area contributed by atoms with E-state index in [2.05, 4.69) is 9.97 Å². The Kier molecular flexibility index (Phi) is 2.38. The van der Waals surface area contributed by atoms with Crippen LogP contribution in [0.4, 0.5) is 14.9 Å². The van der Waals surface area contributed by atoms with Crippen LogP contribution in [0.1, 0.15) is 11.4 Å². The number of anilines is 1. The van der Waals surface area contributed by atoms with Gasteiger partial charge in [0.1, 0.15) is 11.9 Å². The molecule has 0 saturated carbocycles. The second kappa shape index (κ2) is 4.15. The molecule has 3 heterocycles. The van der Waals surface area contributed by atoms with Crippen molar-refractivity contribution in [1.29, 1.82) is 0 Å². The summed E-state index contributed by atoms with van der Waals surface area (Å²) in [6.07, 6.45) is 1.97. The Labute approximate surface area is 119 Å². The first-order valence-corrected chi connectivity index (χ1v) is 6.56. The average molecular weight is 286 g/mol. The molecule has 3 amide bonds. The van der Waals surface area contributed by atoms with Crippen LogP contribution in [0.25, 0.3) is 0 Å². The average Bonchev–Trinajstić information content (AvgIpc) is 3.03. The predicted molar refractivity (Wildman–Crippen MR) is 70.9 cm³/mol. The second-order valence-corrected chi connectivity index (χ2v) is 5.11. The molecule has 0 radical (unpaired) electrons. The van der Waals surface area contributed by atoms with Crippen molar-refractivity contribution in [3.05, 3.63) is 47.8 Å². The maximum Gasteiger partial charge on any atom is 0.332 e. The summed E-state index contributed by atoms with van der Waals surface area (Å²) >= 11 is 0. The zero-order valence-corrected chi connectivity index (χ0v) is 10.9. The van der Waals surface area contributed by atoms with Gasteiger partial charge >= 0.3 is 6.03 Å². The molecule has 0 bridgehead atoms. The summed E-state index contributed by atoms with van der Waals surface area (Å²) in [5, 5.41) is 0. The predicted octanol–water partition coefficient (Wildman–Crippen LogP) is 1.44. The van der Waals surface area contributed by atoms with Gasteiger partial charge in [-0.2, -0.15) is 0 Å². The molecule has 21 heavy (non-hydrogen) atoms. The molecular weight excluding hydrogens is 275 g/mol.